The molecule has 0 saturated heterocycles. The summed E-state index contributed by atoms with van der Waals surface area (Å²) in [6.07, 6.45) is 1.94. The second kappa shape index (κ2) is 6.64. The van der Waals surface area contributed by atoms with Crippen molar-refractivity contribution >= 4 is 56.1 Å². The van der Waals surface area contributed by atoms with Gasteiger partial charge < -0.3 is 4.98 Å². The van der Waals surface area contributed by atoms with Crippen molar-refractivity contribution < 1.29 is 4.79 Å². The lowest BCUT2D eigenvalue weighted by atomic mass is 10.0. The number of fused-ring (bicyclic) bond motifs is 1. The van der Waals surface area contributed by atoms with Crippen LogP contribution in [0.3, 0.4) is 0 Å². The van der Waals surface area contributed by atoms with Crippen molar-refractivity contribution in [3.63, 3.8) is 0 Å². The molecule has 0 aliphatic rings. The molecule has 0 atom stereocenters. The Bertz CT molecular complexity index is 843. The minimum absolute atomic E-state index is 0.00550. The maximum Gasteiger partial charge on any atom is 0.193 e. The quantitative estimate of drug-likeness (QED) is 0.429. The average molecular weight is 344 g/mol. The van der Waals surface area contributed by atoms with Crippen LogP contribution in [-0.4, -0.2) is 25.5 Å². The topological polar surface area (TPSA) is 45.8 Å². The van der Waals surface area contributed by atoms with Crippen LogP contribution in [0.5, 0.6) is 0 Å². The third-order valence-electron chi connectivity index (χ3n) is 3.10. The number of carbonyl (C=O) groups excluding carboxylic acids is 1. The summed E-state index contributed by atoms with van der Waals surface area (Å²) in [5.74, 6) is 0.00550. The molecule has 0 aliphatic carbocycles. The molecule has 0 saturated carbocycles. The summed E-state index contributed by atoms with van der Waals surface area (Å²) in [6, 6.07) is 14.8. The Morgan fingerprint density at radius 1 is 1.14 bits per heavy atom. The fourth-order valence-electron chi connectivity index (χ4n) is 2.05. The van der Waals surface area contributed by atoms with Gasteiger partial charge in [-0.25, -0.2) is 4.98 Å². The minimum atomic E-state index is 0.00550. The fourth-order valence-corrected chi connectivity index (χ4v) is 3.32. The molecule has 0 bridgehead atoms. The summed E-state index contributed by atoms with van der Waals surface area (Å²) < 4.78 is 0.805. The summed E-state index contributed by atoms with van der Waals surface area (Å²) >= 11 is 8.12. The van der Waals surface area contributed by atoms with E-state index in [-0.39, 0.29) is 5.78 Å². The second-order valence-electron chi connectivity index (χ2n) is 4.53. The minimum Gasteiger partial charge on any atom is -0.333 e. The van der Waals surface area contributed by atoms with E-state index in [1.807, 2.05) is 48.7 Å². The summed E-state index contributed by atoms with van der Waals surface area (Å²) in [4.78, 5) is 20.1. The number of hydrogen-bond acceptors (Lipinski definition) is 5. The number of thioether (sulfide) groups is 2. The lowest BCUT2D eigenvalue weighted by molar-refractivity contribution is 0.103. The molecule has 1 N–H and O–H groups in total. The molecule has 2 aromatic carbocycles. The first-order chi connectivity index (χ1) is 10.7. The van der Waals surface area contributed by atoms with Gasteiger partial charge in [-0.2, -0.15) is 0 Å². The van der Waals surface area contributed by atoms with E-state index in [1.165, 1.54) is 23.5 Å². The van der Waals surface area contributed by atoms with Crippen LogP contribution in [0.2, 0.25) is 0 Å². The zero-order valence-electron chi connectivity index (χ0n) is 11.7. The van der Waals surface area contributed by atoms with Crippen LogP contribution in [0.4, 0.5) is 0 Å². The van der Waals surface area contributed by atoms with Crippen LogP contribution in [0.15, 0.2) is 53.7 Å². The molecule has 0 unspecified atom stereocenters. The van der Waals surface area contributed by atoms with Gasteiger partial charge in [-0.05, 0) is 36.2 Å². The van der Waals surface area contributed by atoms with Gasteiger partial charge in [-0.1, -0.05) is 42.5 Å². The first-order valence-electron chi connectivity index (χ1n) is 6.52. The molecule has 22 heavy (non-hydrogen) atoms. The van der Waals surface area contributed by atoms with Gasteiger partial charge in [0.25, 0.3) is 0 Å². The standard InChI is InChI=1S/C16H12N2OS3/c1-21-16(20)22-15-17-12-8-7-11(9-13(12)18-15)14(19)10-5-3-2-4-6-10/h2-9H,1H3,(H,17,18). The van der Waals surface area contributed by atoms with E-state index >= 15 is 0 Å². The number of benzene rings is 2. The Morgan fingerprint density at radius 3 is 2.64 bits per heavy atom. The largest absolute Gasteiger partial charge is 0.333 e. The van der Waals surface area contributed by atoms with Crippen LogP contribution in [0.25, 0.3) is 11.0 Å². The summed E-state index contributed by atoms with van der Waals surface area (Å²) in [6.45, 7) is 0. The first kappa shape index (κ1) is 15.3. The van der Waals surface area contributed by atoms with Crippen molar-refractivity contribution in [2.75, 3.05) is 6.26 Å². The third-order valence-corrected chi connectivity index (χ3v) is 5.49. The van der Waals surface area contributed by atoms with Gasteiger partial charge in [-0.3, -0.25) is 4.79 Å². The molecule has 110 valence electrons. The molecule has 0 aliphatic heterocycles. The number of thiocarbonyl (C=S) groups is 1. The highest BCUT2D eigenvalue weighted by Gasteiger charge is 2.11. The number of carbonyl (C=O) groups is 1. The molecule has 1 heterocycles. The van der Waals surface area contributed by atoms with Crippen LogP contribution in [-0.2, 0) is 0 Å². The van der Waals surface area contributed by atoms with E-state index in [2.05, 4.69) is 9.97 Å². The molecule has 3 nitrogen and oxygen atoms in total. The first-order valence-corrected chi connectivity index (χ1v) is 8.97. The Labute approximate surface area is 141 Å². The molecule has 3 rings (SSSR count). The Balaban J connectivity index is 1.93. The number of aromatic amines is 1. The molecule has 0 radical (unpaired) electrons. The van der Waals surface area contributed by atoms with Crippen LogP contribution in [0, 0.1) is 0 Å². The van der Waals surface area contributed by atoms with E-state index in [9.17, 15) is 4.79 Å². The van der Waals surface area contributed by atoms with Crippen molar-refractivity contribution in [2.45, 2.75) is 5.16 Å². The van der Waals surface area contributed by atoms with Crippen molar-refractivity contribution in [3.8, 4) is 0 Å². The summed E-state index contributed by atoms with van der Waals surface area (Å²) in [5, 5.41) is 0.749. The highest BCUT2D eigenvalue weighted by atomic mass is 32.2. The van der Waals surface area contributed by atoms with Gasteiger partial charge in [-0.15, -0.1) is 11.8 Å². The molecule has 6 heteroatoms. The third kappa shape index (κ3) is 3.24. The Morgan fingerprint density at radius 2 is 1.91 bits per heavy atom. The average Bonchev–Trinajstić information content (AvgIpc) is 2.96. The van der Waals surface area contributed by atoms with Crippen LogP contribution < -0.4 is 0 Å². The van der Waals surface area contributed by atoms with Crippen molar-refractivity contribution in [2.24, 2.45) is 0 Å². The number of rotatable bonds is 3. The van der Waals surface area contributed by atoms with Gasteiger partial charge in [0, 0.05) is 11.1 Å². The van der Waals surface area contributed by atoms with Crippen molar-refractivity contribution in [3.05, 3.63) is 59.7 Å². The lowest BCUT2D eigenvalue weighted by Crippen LogP contribution is -2.00. The number of nitrogens with zero attached hydrogens (tertiary/aromatic N) is 1. The van der Waals surface area contributed by atoms with Crippen LogP contribution in [0.1, 0.15) is 15.9 Å². The molecule has 3 aromatic rings. The zero-order valence-corrected chi connectivity index (χ0v) is 14.1. The van der Waals surface area contributed by atoms with Crippen molar-refractivity contribution in [1.29, 1.82) is 0 Å². The van der Waals surface area contributed by atoms with Gasteiger partial charge >= 0.3 is 0 Å². The Hall–Kier alpha value is -1.63. The molecular formula is C16H12N2OS3. The van der Waals surface area contributed by atoms with Crippen molar-refractivity contribution in [1.82, 2.24) is 9.97 Å². The van der Waals surface area contributed by atoms with Gasteiger partial charge in [0.15, 0.2) is 10.9 Å². The number of H-pyrrole nitrogens is 1. The summed E-state index contributed by atoms with van der Waals surface area (Å²) in [7, 11) is 0. The lowest BCUT2D eigenvalue weighted by Gasteiger charge is -2.00. The van der Waals surface area contributed by atoms with Crippen LogP contribution >= 0.6 is 35.7 Å². The molecule has 1 aromatic heterocycles. The van der Waals surface area contributed by atoms with E-state index in [0.717, 1.165) is 19.7 Å². The highest BCUT2D eigenvalue weighted by molar-refractivity contribution is 8.46. The number of aromatic nitrogens is 2. The fraction of sp³-hybridized carbons (Fsp3) is 0.0625. The highest BCUT2D eigenvalue weighted by Crippen LogP contribution is 2.25. The smallest absolute Gasteiger partial charge is 0.193 e. The number of nitrogens with one attached hydrogen (secondary N) is 1. The van der Waals surface area contributed by atoms with Gasteiger partial charge in [0.2, 0.25) is 0 Å². The normalized spacial score (nSPS) is 10.8. The molecule has 0 spiro atoms. The maximum absolute atomic E-state index is 12.5. The van der Waals surface area contributed by atoms with E-state index in [4.69, 9.17) is 12.2 Å². The van der Waals surface area contributed by atoms with Gasteiger partial charge in [0.05, 0.1) is 11.0 Å². The van der Waals surface area contributed by atoms with E-state index in [0.29, 0.717) is 11.1 Å². The van der Waals surface area contributed by atoms with E-state index in [1.54, 1.807) is 6.07 Å². The monoisotopic (exact) mass is 344 g/mol. The summed E-state index contributed by atoms with van der Waals surface area (Å²) in [5.41, 5.74) is 3.00. The second-order valence-corrected chi connectivity index (χ2v) is 7.52. The zero-order chi connectivity index (χ0) is 15.5. The number of hydrogen-bond donors (Lipinski definition) is 1. The van der Waals surface area contributed by atoms with E-state index < -0.39 is 0 Å². The SMILES string of the molecule is CSC(=S)Sc1nc2ccc(C(=O)c3ccccc3)cc2[nH]1. The molecule has 0 fully saturated rings. The molecular weight excluding hydrogens is 332 g/mol. The predicted molar refractivity (Wildman–Crippen MR) is 97.9 cm³/mol. The molecule has 0 amide bonds. The van der Waals surface area contributed by atoms with Gasteiger partial charge in [0.1, 0.15) is 3.53 Å². The number of ketones is 1. The number of imidazole rings is 1. The maximum atomic E-state index is 12.5. The predicted octanol–water partition coefficient (Wildman–Crippen LogP) is 4.53. The Kier molecular flexibility index (Phi) is 4.61.